The number of anilines is 1. The lowest BCUT2D eigenvalue weighted by Gasteiger charge is -2.15. The number of benzene rings is 3. The lowest BCUT2D eigenvalue weighted by atomic mass is 9.91. The third-order valence-electron chi connectivity index (χ3n) is 7.03. The highest BCUT2D eigenvalue weighted by Crippen LogP contribution is 2.38. The molecule has 16 nitrogen and oxygen atoms in total. The molecule has 0 aliphatic carbocycles. The normalized spacial score (nSPS) is 12.3. The Morgan fingerprint density at radius 2 is 1.57 bits per heavy atom. The highest BCUT2D eigenvalue weighted by molar-refractivity contribution is 7.86. The van der Waals surface area contributed by atoms with Crippen LogP contribution in [0, 0.1) is 0 Å². The number of nitrogens with zero attached hydrogens (tertiary/aromatic N) is 6. The van der Waals surface area contributed by atoms with Gasteiger partial charge in [0.2, 0.25) is 5.13 Å². The van der Waals surface area contributed by atoms with Crippen molar-refractivity contribution in [3.63, 3.8) is 0 Å². The second-order valence-corrected chi connectivity index (χ2v) is 14.4. The van der Waals surface area contributed by atoms with Gasteiger partial charge in [0.25, 0.3) is 16.0 Å². The molecule has 0 radical (unpaired) electrons. The van der Waals surface area contributed by atoms with Crippen molar-refractivity contribution in [2.75, 3.05) is 5.32 Å². The number of amides is 1. The second kappa shape index (κ2) is 12.2. The molecular weight excluding hydrogens is 700 g/mol. The Balaban J connectivity index is 1.28. The number of thiazole rings is 1. The summed E-state index contributed by atoms with van der Waals surface area (Å²) in [7, 11) is -4.54. The summed E-state index contributed by atoms with van der Waals surface area (Å²) in [5.41, 5.74) is 1.45. The average Bonchev–Trinajstić information content (AvgIpc) is 3.71. The molecule has 1 amide bonds. The number of carbonyl (C=O) groups is 3. The van der Waals surface area contributed by atoms with Crippen molar-refractivity contribution in [1.29, 1.82) is 0 Å². The molecule has 0 saturated heterocycles. The van der Waals surface area contributed by atoms with E-state index in [1.807, 2.05) is 20.8 Å². The van der Waals surface area contributed by atoms with Crippen LogP contribution in [-0.4, -0.2) is 65.8 Å². The average molecular weight is 723 g/mol. The van der Waals surface area contributed by atoms with Crippen LogP contribution in [0.25, 0.3) is 27.3 Å². The Kier molecular flexibility index (Phi) is 8.27. The Labute approximate surface area is 284 Å². The van der Waals surface area contributed by atoms with E-state index in [1.54, 1.807) is 24.3 Å². The molecular formula is C30H23ClN8O8S2. The van der Waals surface area contributed by atoms with Gasteiger partial charge in [0.15, 0.2) is 17.2 Å². The Hall–Kier alpha value is -5.56. The number of H-pyrrole nitrogens is 1. The zero-order chi connectivity index (χ0) is 35.4. The van der Waals surface area contributed by atoms with E-state index in [2.05, 4.69) is 35.7 Å². The summed E-state index contributed by atoms with van der Waals surface area (Å²) in [6.07, 6.45) is 0. The molecule has 5 N–H and O–H groups in total. The van der Waals surface area contributed by atoms with Crippen molar-refractivity contribution >= 4 is 83.3 Å². The van der Waals surface area contributed by atoms with Gasteiger partial charge in [0.05, 0.1) is 32.1 Å². The fourth-order valence-corrected chi connectivity index (χ4v) is 6.62. The number of aromatic carboxylic acids is 2. The van der Waals surface area contributed by atoms with Crippen LogP contribution in [0.2, 0.25) is 5.02 Å². The molecule has 0 spiro atoms. The highest BCUT2D eigenvalue weighted by Gasteiger charge is 2.27. The molecule has 3 heterocycles. The van der Waals surface area contributed by atoms with Crippen molar-refractivity contribution in [3.05, 3.63) is 82.0 Å². The summed E-state index contributed by atoms with van der Waals surface area (Å²) in [5.74, 6) is -3.03. The van der Waals surface area contributed by atoms with Crippen LogP contribution in [0.3, 0.4) is 0 Å². The highest BCUT2D eigenvalue weighted by atomic mass is 35.5. The van der Waals surface area contributed by atoms with Crippen LogP contribution in [0.4, 0.5) is 16.5 Å². The van der Waals surface area contributed by atoms with Gasteiger partial charge in [-0.2, -0.15) is 13.5 Å². The number of nitrogens with one attached hydrogen (secondary N) is 2. The molecule has 0 aliphatic rings. The summed E-state index contributed by atoms with van der Waals surface area (Å²) in [6, 6.07) is 12.2. The van der Waals surface area contributed by atoms with Gasteiger partial charge in [-0.1, -0.05) is 43.7 Å². The number of hydrogen-bond donors (Lipinski definition) is 5. The maximum absolute atomic E-state index is 12.8. The molecule has 250 valence electrons. The maximum atomic E-state index is 12.8. The number of aromatic nitrogens is 5. The topological polar surface area (TPSA) is 242 Å². The monoisotopic (exact) mass is 722 g/mol. The van der Waals surface area contributed by atoms with Crippen LogP contribution in [-0.2, 0) is 15.5 Å². The van der Waals surface area contributed by atoms with E-state index < -0.39 is 38.3 Å². The van der Waals surface area contributed by atoms with Gasteiger partial charge in [-0.3, -0.25) is 9.35 Å². The van der Waals surface area contributed by atoms with Crippen LogP contribution >= 0.6 is 22.9 Å². The van der Waals surface area contributed by atoms with Gasteiger partial charge in [0, 0.05) is 22.2 Å². The molecule has 19 heteroatoms. The number of halogens is 1. The van der Waals surface area contributed by atoms with Gasteiger partial charge in [-0.25, -0.2) is 14.6 Å². The molecule has 6 rings (SSSR count). The summed E-state index contributed by atoms with van der Waals surface area (Å²) in [5, 5.41) is 39.1. The molecule has 0 atom stereocenters. The number of rotatable bonds is 8. The third kappa shape index (κ3) is 6.74. The quantitative estimate of drug-likeness (QED) is 0.0828. The number of carbonyl (C=O) groups excluding carboxylic acids is 1. The number of fused-ring (bicyclic) bond motifs is 2. The van der Waals surface area contributed by atoms with E-state index in [1.165, 1.54) is 16.8 Å². The lowest BCUT2D eigenvalue weighted by molar-refractivity contribution is 0.0696. The van der Waals surface area contributed by atoms with E-state index in [4.69, 9.17) is 11.6 Å². The van der Waals surface area contributed by atoms with Gasteiger partial charge < -0.3 is 20.5 Å². The summed E-state index contributed by atoms with van der Waals surface area (Å²) in [6.45, 7) is 5.83. The first kappa shape index (κ1) is 33.3. The summed E-state index contributed by atoms with van der Waals surface area (Å²) < 4.78 is 34.6. The molecule has 6 aromatic rings. The van der Waals surface area contributed by atoms with E-state index >= 15 is 0 Å². The van der Waals surface area contributed by atoms with Crippen molar-refractivity contribution in [2.24, 2.45) is 10.2 Å². The fraction of sp³-hybridized carbons (Fsp3) is 0.133. The standard InChI is InChI=1S/C30H23ClN8O8S2/c1-30(2,3)23-22(35-36-29-33-19-11-18(31)21(49(45,46)47)12-20(19)48-29)25-34-24(38-39(25)37-23)13-4-6-17(7-5-13)32-26(40)14-8-15(27(41)42)10-16(9-14)28(43)44/h4-12H,1-3H3,(H,32,40)(H,34,38)(H,41,42)(H,43,44)(H,45,46,47). The van der Waals surface area contributed by atoms with Crippen molar-refractivity contribution < 1.29 is 37.6 Å². The van der Waals surface area contributed by atoms with Gasteiger partial charge >= 0.3 is 11.9 Å². The molecule has 3 aromatic heterocycles. The molecule has 3 aromatic carbocycles. The maximum Gasteiger partial charge on any atom is 0.335 e. The number of hydrogen-bond acceptors (Lipinski definition) is 11. The second-order valence-electron chi connectivity index (χ2n) is 11.6. The van der Waals surface area contributed by atoms with Crippen LogP contribution < -0.4 is 5.32 Å². The number of aromatic amines is 1. The molecule has 0 unspecified atom stereocenters. The van der Waals surface area contributed by atoms with Gasteiger partial charge in [0.1, 0.15) is 4.90 Å². The van der Waals surface area contributed by atoms with Crippen LogP contribution in [0.5, 0.6) is 0 Å². The first-order chi connectivity index (χ1) is 23.0. The summed E-state index contributed by atoms with van der Waals surface area (Å²) >= 11 is 7.07. The number of azo groups is 1. The van der Waals surface area contributed by atoms with E-state index in [0.717, 1.165) is 29.5 Å². The lowest BCUT2D eigenvalue weighted by Crippen LogP contribution is -2.14. The van der Waals surface area contributed by atoms with Crippen molar-refractivity contribution in [3.8, 4) is 11.4 Å². The minimum atomic E-state index is -4.54. The minimum absolute atomic E-state index is 0.137. The number of carboxylic acids is 2. The third-order valence-corrected chi connectivity index (χ3v) is 9.26. The smallest absolute Gasteiger partial charge is 0.335 e. The Morgan fingerprint density at radius 1 is 0.939 bits per heavy atom. The SMILES string of the molecule is CC(C)(C)c1nn2nc(-c3ccc(NC(=O)c4cc(C(=O)O)cc(C(=O)O)c4)cc3)[nH]c2c1N=Nc1nc2cc(Cl)c(S(=O)(=O)O)cc2s1. The van der Waals surface area contributed by atoms with E-state index in [9.17, 15) is 37.6 Å². The Morgan fingerprint density at radius 3 is 2.16 bits per heavy atom. The number of carboxylic acid groups (broad SMARTS) is 2. The van der Waals surface area contributed by atoms with Crippen LogP contribution in [0.1, 0.15) is 57.5 Å². The first-order valence-electron chi connectivity index (χ1n) is 14.0. The predicted octanol–water partition coefficient (Wildman–Crippen LogP) is 6.60. The van der Waals surface area contributed by atoms with Crippen LogP contribution in [0.15, 0.2) is 69.7 Å². The molecule has 0 aliphatic heterocycles. The van der Waals surface area contributed by atoms with Crippen molar-refractivity contribution in [1.82, 2.24) is 24.8 Å². The zero-order valence-corrected chi connectivity index (χ0v) is 27.8. The van der Waals surface area contributed by atoms with Gasteiger partial charge in [-0.15, -0.1) is 20.0 Å². The largest absolute Gasteiger partial charge is 0.478 e. The zero-order valence-electron chi connectivity index (χ0n) is 25.5. The fourth-order valence-electron chi connectivity index (χ4n) is 4.71. The van der Waals surface area contributed by atoms with Gasteiger partial charge in [-0.05, 0) is 54.6 Å². The molecule has 0 bridgehead atoms. The summed E-state index contributed by atoms with van der Waals surface area (Å²) in [4.78, 5) is 42.8. The molecule has 49 heavy (non-hydrogen) atoms. The Bertz CT molecular complexity index is 2450. The predicted molar refractivity (Wildman–Crippen MR) is 178 cm³/mol. The minimum Gasteiger partial charge on any atom is -0.478 e. The molecule has 0 saturated carbocycles. The van der Waals surface area contributed by atoms with E-state index in [-0.39, 0.29) is 26.8 Å². The van der Waals surface area contributed by atoms with Crippen molar-refractivity contribution in [2.45, 2.75) is 31.1 Å². The first-order valence-corrected chi connectivity index (χ1v) is 16.6. The molecule has 0 fully saturated rings. The van der Waals surface area contributed by atoms with E-state index in [0.29, 0.717) is 44.3 Å².